The summed E-state index contributed by atoms with van der Waals surface area (Å²) < 4.78 is 0.651. The quantitative estimate of drug-likeness (QED) is 0.587. The van der Waals surface area contributed by atoms with Gasteiger partial charge in [-0.2, -0.15) is 5.10 Å². The first kappa shape index (κ1) is 18.1. The monoisotopic (exact) mass is 449 g/mol. The van der Waals surface area contributed by atoms with Gasteiger partial charge >= 0.3 is 0 Å². The highest BCUT2D eigenvalue weighted by Gasteiger charge is 2.30. The van der Waals surface area contributed by atoms with E-state index in [-0.39, 0.29) is 6.04 Å². The third-order valence-electron chi connectivity index (χ3n) is 4.75. The molecule has 1 aliphatic heterocycles. The number of halogens is 2. The van der Waals surface area contributed by atoms with Crippen molar-refractivity contribution in [2.24, 2.45) is 5.73 Å². The Bertz CT molecular complexity index is 995. The maximum atomic E-state index is 11.9. The maximum absolute atomic E-state index is 11.9. The summed E-state index contributed by atoms with van der Waals surface area (Å²) in [4.78, 5) is 24.6. The average molecular weight is 451 g/mol. The minimum atomic E-state index is -0.349. The van der Waals surface area contributed by atoms with Crippen molar-refractivity contribution < 1.29 is 4.79 Å². The summed E-state index contributed by atoms with van der Waals surface area (Å²) in [7, 11) is 0. The van der Waals surface area contributed by atoms with Crippen molar-refractivity contribution in [3.05, 3.63) is 39.7 Å². The zero-order chi connectivity index (χ0) is 19.0. The molecule has 0 saturated carbocycles. The molecule has 1 saturated heterocycles. The van der Waals surface area contributed by atoms with Crippen molar-refractivity contribution in [1.29, 1.82) is 0 Å². The fraction of sp³-hybridized carbons (Fsp3) is 0.294. The number of fused-ring (bicyclic) bond motifs is 1. The number of nitrogens with two attached hydrogens (primary N) is 1. The minimum absolute atomic E-state index is 0.349. The van der Waals surface area contributed by atoms with E-state index in [1.54, 1.807) is 0 Å². The van der Waals surface area contributed by atoms with Gasteiger partial charge in [-0.15, -0.1) is 0 Å². The minimum Gasteiger partial charge on any atom is -0.358 e. The van der Waals surface area contributed by atoms with Crippen LogP contribution in [-0.4, -0.2) is 52.1 Å². The standard InChI is InChI=1S/C17H17BrClN7O/c18-15-14-16(24-23-15)21-9-22-17(14)25-3-4-26(12(7-25)8-27)13-5-11(19)2-1-10(13)6-20/h1-2,5,8-9,12H,3-4,6-7,20H2,(H,21,22,23,24). The first-order valence-corrected chi connectivity index (χ1v) is 9.59. The predicted octanol–water partition coefficient (Wildman–Crippen LogP) is 2.12. The smallest absolute Gasteiger partial charge is 0.161 e. The molecule has 27 heavy (non-hydrogen) atoms. The summed E-state index contributed by atoms with van der Waals surface area (Å²) in [5.41, 5.74) is 8.39. The lowest BCUT2D eigenvalue weighted by molar-refractivity contribution is -0.108. The van der Waals surface area contributed by atoms with Gasteiger partial charge in [0, 0.05) is 36.9 Å². The number of benzene rings is 1. The predicted molar refractivity (Wildman–Crippen MR) is 108 cm³/mol. The Morgan fingerprint density at radius 2 is 2.22 bits per heavy atom. The molecule has 1 atom stereocenters. The Morgan fingerprint density at radius 3 is 3.00 bits per heavy atom. The van der Waals surface area contributed by atoms with Crippen LogP contribution in [0.4, 0.5) is 11.5 Å². The van der Waals surface area contributed by atoms with Crippen LogP contribution in [0.2, 0.25) is 5.02 Å². The molecule has 10 heteroatoms. The number of piperazine rings is 1. The van der Waals surface area contributed by atoms with Crippen molar-refractivity contribution in [2.75, 3.05) is 29.4 Å². The van der Waals surface area contributed by atoms with E-state index in [0.717, 1.165) is 28.7 Å². The van der Waals surface area contributed by atoms with Gasteiger partial charge in [0.05, 0.1) is 5.39 Å². The van der Waals surface area contributed by atoms with Gasteiger partial charge in [0.15, 0.2) is 5.65 Å². The molecule has 8 nitrogen and oxygen atoms in total. The molecule has 1 aromatic carbocycles. The summed E-state index contributed by atoms with van der Waals surface area (Å²) in [5.74, 6) is 0.747. The van der Waals surface area contributed by atoms with E-state index in [1.807, 2.05) is 18.2 Å². The molecule has 0 amide bonds. The normalized spacial score (nSPS) is 17.5. The van der Waals surface area contributed by atoms with Crippen LogP contribution >= 0.6 is 27.5 Å². The van der Waals surface area contributed by atoms with E-state index in [0.29, 0.717) is 41.5 Å². The van der Waals surface area contributed by atoms with Gasteiger partial charge in [0.25, 0.3) is 0 Å². The number of hydrogen-bond donors (Lipinski definition) is 2. The summed E-state index contributed by atoms with van der Waals surface area (Å²) >= 11 is 9.61. The summed E-state index contributed by atoms with van der Waals surface area (Å²) in [6, 6.07) is 5.24. The zero-order valence-electron chi connectivity index (χ0n) is 14.3. The van der Waals surface area contributed by atoms with Crippen LogP contribution in [0, 0.1) is 0 Å². The van der Waals surface area contributed by atoms with Crippen molar-refractivity contribution in [2.45, 2.75) is 12.6 Å². The molecule has 1 fully saturated rings. The molecule has 0 aliphatic carbocycles. The van der Waals surface area contributed by atoms with Crippen LogP contribution < -0.4 is 15.5 Å². The van der Waals surface area contributed by atoms with E-state index in [2.05, 4.69) is 45.9 Å². The number of rotatable bonds is 4. The highest BCUT2D eigenvalue weighted by Crippen LogP contribution is 2.32. The largest absolute Gasteiger partial charge is 0.358 e. The second-order valence-corrected chi connectivity index (χ2v) is 7.44. The molecule has 3 heterocycles. The Labute approximate surface area is 168 Å². The second kappa shape index (κ2) is 7.41. The molecule has 3 N–H and O–H groups in total. The van der Waals surface area contributed by atoms with Crippen LogP contribution in [0.15, 0.2) is 29.1 Å². The molecule has 3 aromatic rings. The van der Waals surface area contributed by atoms with Crippen LogP contribution in [-0.2, 0) is 11.3 Å². The lowest BCUT2D eigenvalue weighted by Crippen LogP contribution is -2.54. The summed E-state index contributed by atoms with van der Waals surface area (Å²) in [6.45, 7) is 2.19. The topological polar surface area (TPSA) is 104 Å². The van der Waals surface area contributed by atoms with Gasteiger partial charge in [-0.05, 0) is 33.6 Å². The van der Waals surface area contributed by atoms with Gasteiger partial charge in [-0.1, -0.05) is 17.7 Å². The SMILES string of the molecule is NCc1ccc(Cl)cc1N1CCN(c2ncnc3[nH]nc(Br)c23)CC1C=O. The number of anilines is 2. The molecule has 4 rings (SSSR count). The number of carbonyl (C=O) groups excluding carboxylic acids is 1. The van der Waals surface area contributed by atoms with E-state index in [1.165, 1.54) is 6.33 Å². The number of aldehydes is 1. The lowest BCUT2D eigenvalue weighted by atomic mass is 10.1. The summed E-state index contributed by atoms with van der Waals surface area (Å²) in [6.07, 6.45) is 2.45. The van der Waals surface area contributed by atoms with Crippen molar-refractivity contribution in [3.63, 3.8) is 0 Å². The molecule has 2 aromatic heterocycles. The number of H-pyrrole nitrogens is 1. The Balaban J connectivity index is 1.67. The molecule has 1 unspecified atom stereocenters. The van der Waals surface area contributed by atoms with Crippen molar-refractivity contribution in [1.82, 2.24) is 20.2 Å². The Hall–Kier alpha value is -2.23. The van der Waals surface area contributed by atoms with E-state index >= 15 is 0 Å². The van der Waals surface area contributed by atoms with E-state index in [9.17, 15) is 4.79 Å². The van der Waals surface area contributed by atoms with E-state index in [4.69, 9.17) is 17.3 Å². The van der Waals surface area contributed by atoms with Gasteiger partial charge in [-0.3, -0.25) is 5.10 Å². The highest BCUT2D eigenvalue weighted by atomic mass is 79.9. The lowest BCUT2D eigenvalue weighted by Gasteiger charge is -2.41. The van der Waals surface area contributed by atoms with Gasteiger partial charge in [0.2, 0.25) is 0 Å². The number of aromatic amines is 1. The summed E-state index contributed by atoms with van der Waals surface area (Å²) in [5, 5.41) is 8.43. The van der Waals surface area contributed by atoms with Crippen LogP contribution in [0.5, 0.6) is 0 Å². The van der Waals surface area contributed by atoms with Gasteiger partial charge < -0.3 is 20.3 Å². The van der Waals surface area contributed by atoms with E-state index < -0.39 is 0 Å². The fourth-order valence-electron chi connectivity index (χ4n) is 3.44. The second-order valence-electron chi connectivity index (χ2n) is 6.26. The first-order valence-electron chi connectivity index (χ1n) is 8.42. The van der Waals surface area contributed by atoms with Crippen LogP contribution in [0.25, 0.3) is 11.0 Å². The molecule has 0 radical (unpaired) electrons. The molecule has 0 spiro atoms. The van der Waals surface area contributed by atoms with Crippen LogP contribution in [0.1, 0.15) is 5.56 Å². The maximum Gasteiger partial charge on any atom is 0.161 e. The fourth-order valence-corrected chi connectivity index (χ4v) is 4.06. The van der Waals surface area contributed by atoms with Crippen molar-refractivity contribution in [3.8, 4) is 0 Å². The highest BCUT2D eigenvalue weighted by molar-refractivity contribution is 9.10. The van der Waals surface area contributed by atoms with Crippen molar-refractivity contribution >= 4 is 56.4 Å². The number of carbonyl (C=O) groups is 1. The molecular formula is C17H17BrClN7O. The third-order valence-corrected chi connectivity index (χ3v) is 5.55. The van der Waals surface area contributed by atoms with Gasteiger partial charge in [0.1, 0.15) is 29.1 Å². The zero-order valence-corrected chi connectivity index (χ0v) is 16.6. The molecule has 140 valence electrons. The number of nitrogens with one attached hydrogen (secondary N) is 1. The van der Waals surface area contributed by atoms with Crippen LogP contribution in [0.3, 0.4) is 0 Å². The number of nitrogens with zero attached hydrogens (tertiary/aromatic N) is 5. The Morgan fingerprint density at radius 1 is 1.37 bits per heavy atom. The first-order chi connectivity index (χ1) is 13.1. The van der Waals surface area contributed by atoms with Gasteiger partial charge in [-0.25, -0.2) is 9.97 Å². The number of hydrogen-bond acceptors (Lipinski definition) is 7. The molecule has 0 bridgehead atoms. The Kier molecular flexibility index (Phi) is 4.98. The molecule has 1 aliphatic rings. The number of aromatic nitrogens is 4. The average Bonchev–Trinajstić information content (AvgIpc) is 3.08. The molecular weight excluding hydrogens is 434 g/mol. The third kappa shape index (κ3) is 3.26.